The van der Waals surface area contributed by atoms with Gasteiger partial charge < -0.3 is 10.5 Å². The standard InChI is InChI=1S/C12H16ClN3O3S/c1-19-8-7-16(6-2-5-14)20(17,18)12-4-3-10(15)9-11(12)13/h3-4,9H,2,6-8,15H2,1H3. The van der Waals surface area contributed by atoms with Gasteiger partial charge in [-0.05, 0) is 18.2 Å². The molecule has 0 aromatic heterocycles. The van der Waals surface area contributed by atoms with Crippen LogP contribution in [0.3, 0.4) is 0 Å². The number of methoxy groups -OCH3 is 1. The van der Waals surface area contributed by atoms with E-state index in [1.165, 1.54) is 29.6 Å². The van der Waals surface area contributed by atoms with Crippen LogP contribution in [0.1, 0.15) is 6.42 Å². The topological polar surface area (TPSA) is 96.4 Å². The van der Waals surface area contributed by atoms with E-state index < -0.39 is 10.0 Å². The lowest BCUT2D eigenvalue weighted by Gasteiger charge is -2.21. The average Bonchev–Trinajstić information content (AvgIpc) is 2.38. The van der Waals surface area contributed by atoms with E-state index in [1.54, 1.807) is 0 Å². The van der Waals surface area contributed by atoms with Crippen LogP contribution in [0.4, 0.5) is 5.69 Å². The lowest BCUT2D eigenvalue weighted by Crippen LogP contribution is -2.34. The van der Waals surface area contributed by atoms with Gasteiger partial charge in [-0.3, -0.25) is 0 Å². The Balaban J connectivity index is 3.11. The number of hydrogen-bond donors (Lipinski definition) is 1. The number of anilines is 1. The third-order valence-corrected chi connectivity index (χ3v) is 4.97. The molecule has 0 bridgehead atoms. The summed E-state index contributed by atoms with van der Waals surface area (Å²) in [6.45, 7) is 0.474. The SMILES string of the molecule is COCCN(CCC#N)S(=O)(=O)c1ccc(N)cc1Cl. The Morgan fingerprint density at radius 1 is 1.45 bits per heavy atom. The van der Waals surface area contributed by atoms with Crippen molar-refractivity contribution in [3.05, 3.63) is 23.2 Å². The Morgan fingerprint density at radius 3 is 2.70 bits per heavy atom. The number of nitrogens with two attached hydrogens (primary N) is 1. The molecule has 0 aliphatic heterocycles. The monoisotopic (exact) mass is 317 g/mol. The molecule has 0 aliphatic rings. The summed E-state index contributed by atoms with van der Waals surface area (Å²) in [5.41, 5.74) is 5.94. The zero-order chi connectivity index (χ0) is 15.2. The molecule has 0 unspecified atom stereocenters. The van der Waals surface area contributed by atoms with Crippen LogP contribution in [0.25, 0.3) is 0 Å². The summed E-state index contributed by atoms with van der Waals surface area (Å²) in [6, 6.07) is 6.13. The van der Waals surface area contributed by atoms with Crippen LogP contribution in [0.15, 0.2) is 23.1 Å². The number of hydrogen-bond acceptors (Lipinski definition) is 5. The van der Waals surface area contributed by atoms with Crippen LogP contribution in [0.5, 0.6) is 0 Å². The van der Waals surface area contributed by atoms with Crippen LogP contribution in [-0.2, 0) is 14.8 Å². The fourth-order valence-corrected chi connectivity index (χ4v) is 3.54. The lowest BCUT2D eigenvalue weighted by atomic mass is 10.3. The molecule has 1 aromatic rings. The first kappa shape index (κ1) is 16.7. The van der Waals surface area contributed by atoms with Gasteiger partial charge in [-0.2, -0.15) is 9.57 Å². The van der Waals surface area contributed by atoms with Gasteiger partial charge in [-0.15, -0.1) is 0 Å². The fourth-order valence-electron chi connectivity index (χ4n) is 1.59. The van der Waals surface area contributed by atoms with Gasteiger partial charge in [0.05, 0.1) is 17.7 Å². The second kappa shape index (κ2) is 7.45. The molecule has 0 heterocycles. The zero-order valence-electron chi connectivity index (χ0n) is 11.0. The molecule has 20 heavy (non-hydrogen) atoms. The maximum Gasteiger partial charge on any atom is 0.244 e. The van der Waals surface area contributed by atoms with Crippen molar-refractivity contribution in [2.75, 3.05) is 32.5 Å². The Morgan fingerprint density at radius 2 is 2.15 bits per heavy atom. The molecule has 0 saturated heterocycles. The number of halogens is 1. The van der Waals surface area contributed by atoms with Crippen molar-refractivity contribution in [2.24, 2.45) is 0 Å². The summed E-state index contributed by atoms with van der Waals surface area (Å²) in [6.07, 6.45) is 0.0928. The average molecular weight is 318 g/mol. The van der Waals surface area contributed by atoms with Gasteiger partial charge in [0.15, 0.2) is 0 Å². The predicted molar refractivity (Wildman–Crippen MR) is 76.7 cm³/mol. The van der Waals surface area contributed by atoms with E-state index in [-0.39, 0.29) is 36.0 Å². The largest absolute Gasteiger partial charge is 0.399 e. The van der Waals surface area contributed by atoms with E-state index in [9.17, 15) is 8.42 Å². The maximum absolute atomic E-state index is 12.5. The Kier molecular flexibility index (Phi) is 6.23. The molecule has 6 nitrogen and oxygen atoms in total. The van der Waals surface area contributed by atoms with Crippen molar-refractivity contribution >= 4 is 27.3 Å². The number of sulfonamides is 1. The van der Waals surface area contributed by atoms with Crippen molar-refractivity contribution in [1.29, 1.82) is 5.26 Å². The Labute approximate surface area is 123 Å². The Hall–Kier alpha value is -1.33. The molecular formula is C12H16ClN3O3S. The summed E-state index contributed by atoms with van der Waals surface area (Å²) < 4.78 is 31.1. The van der Waals surface area contributed by atoms with Crippen LogP contribution in [-0.4, -0.2) is 39.5 Å². The summed E-state index contributed by atoms with van der Waals surface area (Å²) in [5, 5.41) is 8.68. The first-order chi connectivity index (χ1) is 9.43. The number of nitrogens with zero attached hydrogens (tertiary/aromatic N) is 2. The highest BCUT2D eigenvalue weighted by molar-refractivity contribution is 7.89. The minimum atomic E-state index is -3.78. The van der Waals surface area contributed by atoms with Gasteiger partial charge in [0.25, 0.3) is 0 Å². The summed E-state index contributed by atoms with van der Waals surface area (Å²) in [7, 11) is -2.30. The molecule has 1 aromatic carbocycles. The van der Waals surface area contributed by atoms with Crippen LogP contribution >= 0.6 is 11.6 Å². The third kappa shape index (κ3) is 4.08. The molecule has 0 radical (unpaired) electrons. The van der Waals surface area contributed by atoms with E-state index in [2.05, 4.69) is 0 Å². The molecule has 1 rings (SSSR count). The molecule has 0 saturated carbocycles. The van der Waals surface area contributed by atoms with Gasteiger partial charge in [-0.1, -0.05) is 11.6 Å². The van der Waals surface area contributed by atoms with Gasteiger partial charge in [0, 0.05) is 32.3 Å². The van der Waals surface area contributed by atoms with E-state index in [4.69, 9.17) is 27.3 Å². The molecule has 0 amide bonds. The highest BCUT2D eigenvalue weighted by Gasteiger charge is 2.26. The summed E-state index contributed by atoms with van der Waals surface area (Å²) >= 11 is 5.94. The minimum Gasteiger partial charge on any atom is -0.399 e. The molecule has 0 atom stereocenters. The predicted octanol–water partition coefficient (Wildman–Crippen LogP) is 1.47. The Bertz CT molecular complexity index is 598. The van der Waals surface area contributed by atoms with Crippen molar-refractivity contribution < 1.29 is 13.2 Å². The first-order valence-electron chi connectivity index (χ1n) is 5.84. The van der Waals surface area contributed by atoms with Gasteiger partial charge in [0.2, 0.25) is 10.0 Å². The van der Waals surface area contributed by atoms with Crippen molar-refractivity contribution in [3.8, 4) is 6.07 Å². The normalized spacial score (nSPS) is 11.5. The molecule has 8 heteroatoms. The van der Waals surface area contributed by atoms with E-state index >= 15 is 0 Å². The highest BCUT2D eigenvalue weighted by atomic mass is 35.5. The van der Waals surface area contributed by atoms with Crippen molar-refractivity contribution in [1.82, 2.24) is 4.31 Å². The van der Waals surface area contributed by atoms with Crippen molar-refractivity contribution in [3.63, 3.8) is 0 Å². The first-order valence-corrected chi connectivity index (χ1v) is 7.66. The number of rotatable bonds is 7. The van der Waals surface area contributed by atoms with Gasteiger partial charge in [0.1, 0.15) is 4.90 Å². The van der Waals surface area contributed by atoms with Crippen LogP contribution in [0, 0.1) is 11.3 Å². The zero-order valence-corrected chi connectivity index (χ0v) is 12.6. The lowest BCUT2D eigenvalue weighted by molar-refractivity contribution is 0.179. The quantitative estimate of drug-likeness (QED) is 0.768. The fraction of sp³-hybridized carbons (Fsp3) is 0.417. The molecule has 110 valence electrons. The van der Waals surface area contributed by atoms with E-state index in [0.29, 0.717) is 5.69 Å². The van der Waals surface area contributed by atoms with Crippen LogP contribution < -0.4 is 5.73 Å². The smallest absolute Gasteiger partial charge is 0.244 e. The third-order valence-electron chi connectivity index (χ3n) is 2.59. The van der Waals surface area contributed by atoms with Gasteiger partial charge in [-0.25, -0.2) is 8.42 Å². The summed E-state index contributed by atoms with van der Waals surface area (Å²) in [4.78, 5) is -0.0255. The minimum absolute atomic E-state index is 0.0255. The molecule has 0 aliphatic carbocycles. The molecule has 2 N–H and O–H groups in total. The van der Waals surface area contributed by atoms with Crippen LogP contribution in [0.2, 0.25) is 5.02 Å². The number of ether oxygens (including phenoxy) is 1. The second-order valence-electron chi connectivity index (χ2n) is 3.99. The number of benzene rings is 1. The number of nitriles is 1. The number of nitrogen functional groups attached to an aromatic ring is 1. The highest BCUT2D eigenvalue weighted by Crippen LogP contribution is 2.26. The molecule has 0 fully saturated rings. The maximum atomic E-state index is 12.5. The van der Waals surface area contributed by atoms with E-state index in [1.807, 2.05) is 6.07 Å². The molecule has 0 spiro atoms. The van der Waals surface area contributed by atoms with E-state index in [0.717, 1.165) is 0 Å². The second-order valence-corrected chi connectivity index (χ2v) is 6.31. The summed E-state index contributed by atoms with van der Waals surface area (Å²) in [5.74, 6) is 0. The van der Waals surface area contributed by atoms with Gasteiger partial charge >= 0.3 is 0 Å². The molecular weight excluding hydrogens is 302 g/mol. The van der Waals surface area contributed by atoms with Crippen molar-refractivity contribution in [2.45, 2.75) is 11.3 Å².